The van der Waals surface area contributed by atoms with E-state index in [1.54, 1.807) is 12.1 Å². The van der Waals surface area contributed by atoms with Gasteiger partial charge in [-0.1, -0.05) is 24.3 Å². The summed E-state index contributed by atoms with van der Waals surface area (Å²) in [6.45, 7) is 0. The van der Waals surface area contributed by atoms with Crippen molar-refractivity contribution in [3.05, 3.63) is 66.4 Å². The summed E-state index contributed by atoms with van der Waals surface area (Å²) in [6, 6.07) is 17.0. The van der Waals surface area contributed by atoms with E-state index in [4.69, 9.17) is 5.11 Å². The molecule has 3 nitrogen and oxygen atoms in total. The highest BCUT2D eigenvalue weighted by molar-refractivity contribution is 6.03. The maximum atomic E-state index is 11.2. The SMILES string of the molecule is O=C(O)c1cccc2c1ccn2-c1ccccc1. The molecule has 0 saturated heterocycles. The molecular formula is C15H11NO2. The van der Waals surface area contributed by atoms with E-state index in [0.29, 0.717) is 5.56 Å². The zero-order chi connectivity index (χ0) is 12.5. The maximum Gasteiger partial charge on any atom is 0.336 e. The number of benzene rings is 2. The topological polar surface area (TPSA) is 42.2 Å². The molecule has 0 bridgehead atoms. The molecule has 1 heterocycles. The molecule has 0 amide bonds. The van der Waals surface area contributed by atoms with Crippen molar-refractivity contribution < 1.29 is 9.90 Å². The summed E-state index contributed by atoms with van der Waals surface area (Å²) in [5.74, 6) is -0.897. The molecule has 0 aliphatic heterocycles. The van der Waals surface area contributed by atoms with Gasteiger partial charge in [0, 0.05) is 17.3 Å². The number of fused-ring (bicyclic) bond motifs is 1. The van der Waals surface area contributed by atoms with E-state index in [1.165, 1.54) is 0 Å². The third kappa shape index (κ3) is 1.57. The highest BCUT2D eigenvalue weighted by Crippen LogP contribution is 2.23. The van der Waals surface area contributed by atoms with Gasteiger partial charge >= 0.3 is 5.97 Å². The van der Waals surface area contributed by atoms with Crippen molar-refractivity contribution in [3.8, 4) is 5.69 Å². The van der Waals surface area contributed by atoms with E-state index in [0.717, 1.165) is 16.6 Å². The Balaban J connectivity index is 2.28. The minimum absolute atomic E-state index is 0.335. The molecule has 0 aliphatic rings. The highest BCUT2D eigenvalue weighted by atomic mass is 16.4. The van der Waals surface area contributed by atoms with Gasteiger partial charge in [-0.15, -0.1) is 0 Å². The first-order chi connectivity index (χ1) is 8.77. The predicted octanol–water partition coefficient (Wildman–Crippen LogP) is 3.33. The van der Waals surface area contributed by atoms with Gasteiger partial charge in [-0.05, 0) is 30.3 Å². The van der Waals surface area contributed by atoms with E-state index in [2.05, 4.69) is 0 Å². The molecule has 3 rings (SSSR count). The third-order valence-corrected chi connectivity index (χ3v) is 3.00. The lowest BCUT2D eigenvalue weighted by Gasteiger charge is -2.05. The number of carbonyl (C=O) groups is 1. The second kappa shape index (κ2) is 4.04. The monoisotopic (exact) mass is 237 g/mol. The van der Waals surface area contributed by atoms with Gasteiger partial charge in [-0.25, -0.2) is 4.79 Å². The van der Waals surface area contributed by atoms with Crippen molar-refractivity contribution in [3.63, 3.8) is 0 Å². The van der Waals surface area contributed by atoms with Crippen molar-refractivity contribution in [2.45, 2.75) is 0 Å². The molecule has 18 heavy (non-hydrogen) atoms. The molecule has 0 radical (unpaired) electrons. The number of carboxylic acids is 1. The van der Waals surface area contributed by atoms with E-state index in [-0.39, 0.29) is 0 Å². The molecule has 2 aromatic carbocycles. The number of aromatic nitrogens is 1. The molecule has 3 heteroatoms. The fourth-order valence-electron chi connectivity index (χ4n) is 2.17. The zero-order valence-electron chi connectivity index (χ0n) is 9.58. The van der Waals surface area contributed by atoms with Crippen LogP contribution in [0, 0.1) is 0 Å². The Kier molecular flexibility index (Phi) is 2.38. The molecule has 1 aromatic heterocycles. The summed E-state index contributed by atoms with van der Waals surface area (Å²) in [5, 5.41) is 9.91. The Bertz CT molecular complexity index is 714. The quantitative estimate of drug-likeness (QED) is 0.742. The van der Waals surface area contributed by atoms with Crippen LogP contribution in [0.3, 0.4) is 0 Å². The van der Waals surface area contributed by atoms with Crippen LogP contribution < -0.4 is 0 Å². The lowest BCUT2D eigenvalue weighted by Crippen LogP contribution is -1.97. The molecule has 0 saturated carbocycles. The van der Waals surface area contributed by atoms with Gasteiger partial charge in [-0.3, -0.25) is 0 Å². The van der Waals surface area contributed by atoms with Gasteiger partial charge in [0.15, 0.2) is 0 Å². The highest BCUT2D eigenvalue weighted by Gasteiger charge is 2.11. The van der Waals surface area contributed by atoms with Crippen LogP contribution in [0.4, 0.5) is 0 Å². The van der Waals surface area contributed by atoms with E-state index < -0.39 is 5.97 Å². The Morgan fingerprint density at radius 3 is 2.44 bits per heavy atom. The number of rotatable bonds is 2. The summed E-state index contributed by atoms with van der Waals surface area (Å²) in [7, 11) is 0. The van der Waals surface area contributed by atoms with Crippen molar-refractivity contribution in [2.75, 3.05) is 0 Å². The molecule has 0 aliphatic carbocycles. The van der Waals surface area contributed by atoms with Crippen LogP contribution in [0.15, 0.2) is 60.8 Å². The molecule has 3 aromatic rings. The number of carboxylic acid groups (broad SMARTS) is 1. The van der Waals surface area contributed by atoms with Gasteiger partial charge in [0.25, 0.3) is 0 Å². The maximum absolute atomic E-state index is 11.2. The first-order valence-corrected chi connectivity index (χ1v) is 5.66. The van der Waals surface area contributed by atoms with Crippen LogP contribution >= 0.6 is 0 Å². The molecule has 0 unspecified atom stereocenters. The van der Waals surface area contributed by atoms with Crippen molar-refractivity contribution >= 4 is 16.9 Å². The Morgan fingerprint density at radius 2 is 1.72 bits per heavy atom. The molecule has 0 spiro atoms. The second-order valence-corrected chi connectivity index (χ2v) is 4.06. The molecular weight excluding hydrogens is 226 g/mol. The second-order valence-electron chi connectivity index (χ2n) is 4.06. The number of hydrogen-bond donors (Lipinski definition) is 1. The van der Waals surface area contributed by atoms with Gasteiger partial charge in [0.05, 0.1) is 11.1 Å². The standard InChI is InChI=1S/C15H11NO2/c17-15(18)13-7-4-8-14-12(13)9-10-16(14)11-5-2-1-3-6-11/h1-10H,(H,17,18). The summed E-state index contributed by atoms with van der Waals surface area (Å²) in [5.41, 5.74) is 2.26. The van der Waals surface area contributed by atoms with Gasteiger partial charge in [-0.2, -0.15) is 0 Å². The number of para-hydroxylation sites is 1. The summed E-state index contributed by atoms with van der Waals surface area (Å²) in [4.78, 5) is 11.2. The van der Waals surface area contributed by atoms with E-state index >= 15 is 0 Å². The van der Waals surface area contributed by atoms with Crippen LogP contribution in [-0.2, 0) is 0 Å². The average molecular weight is 237 g/mol. The molecule has 0 atom stereocenters. The summed E-state index contributed by atoms with van der Waals surface area (Å²) >= 11 is 0. The Morgan fingerprint density at radius 1 is 0.944 bits per heavy atom. The number of hydrogen-bond acceptors (Lipinski definition) is 1. The van der Waals surface area contributed by atoms with Crippen LogP contribution in [-0.4, -0.2) is 15.6 Å². The molecule has 1 N–H and O–H groups in total. The molecule has 0 fully saturated rings. The van der Waals surface area contributed by atoms with Crippen LogP contribution in [0.5, 0.6) is 0 Å². The lowest BCUT2D eigenvalue weighted by molar-refractivity contribution is 0.0699. The normalized spacial score (nSPS) is 10.7. The Hall–Kier alpha value is -2.55. The number of nitrogens with zero attached hydrogens (tertiary/aromatic N) is 1. The summed E-state index contributed by atoms with van der Waals surface area (Å²) in [6.07, 6.45) is 1.90. The van der Waals surface area contributed by atoms with Crippen molar-refractivity contribution in [2.24, 2.45) is 0 Å². The zero-order valence-corrected chi connectivity index (χ0v) is 9.58. The van der Waals surface area contributed by atoms with Gasteiger partial charge in [0.1, 0.15) is 0 Å². The first kappa shape index (κ1) is 10.6. The third-order valence-electron chi connectivity index (χ3n) is 3.00. The van der Waals surface area contributed by atoms with Crippen LogP contribution in [0.2, 0.25) is 0 Å². The minimum Gasteiger partial charge on any atom is -0.478 e. The van der Waals surface area contributed by atoms with E-state index in [1.807, 2.05) is 53.2 Å². The van der Waals surface area contributed by atoms with Crippen molar-refractivity contribution in [1.82, 2.24) is 4.57 Å². The number of aromatic carboxylic acids is 1. The smallest absolute Gasteiger partial charge is 0.336 e. The average Bonchev–Trinajstić information content (AvgIpc) is 2.83. The summed E-state index contributed by atoms with van der Waals surface area (Å²) < 4.78 is 1.99. The van der Waals surface area contributed by atoms with Gasteiger partial charge in [0.2, 0.25) is 0 Å². The van der Waals surface area contributed by atoms with Crippen LogP contribution in [0.1, 0.15) is 10.4 Å². The Labute approximate surface area is 104 Å². The van der Waals surface area contributed by atoms with Gasteiger partial charge < -0.3 is 9.67 Å². The van der Waals surface area contributed by atoms with Crippen LogP contribution in [0.25, 0.3) is 16.6 Å². The van der Waals surface area contributed by atoms with Crippen molar-refractivity contribution in [1.29, 1.82) is 0 Å². The fourth-order valence-corrected chi connectivity index (χ4v) is 2.17. The largest absolute Gasteiger partial charge is 0.478 e. The predicted molar refractivity (Wildman–Crippen MR) is 70.2 cm³/mol. The first-order valence-electron chi connectivity index (χ1n) is 5.66. The lowest BCUT2D eigenvalue weighted by atomic mass is 10.1. The van der Waals surface area contributed by atoms with E-state index in [9.17, 15) is 4.79 Å². The minimum atomic E-state index is -0.897. The molecule has 88 valence electrons. The fraction of sp³-hybridized carbons (Fsp3) is 0.